The molecule has 4 heteroatoms. The van der Waals surface area contributed by atoms with E-state index in [-0.39, 0.29) is 5.76 Å². The third-order valence-electron chi connectivity index (χ3n) is 3.04. The van der Waals surface area contributed by atoms with Gasteiger partial charge in [-0.25, -0.2) is 4.79 Å². The van der Waals surface area contributed by atoms with Crippen molar-refractivity contribution >= 4 is 23.7 Å². The molecule has 1 unspecified atom stereocenters. The van der Waals surface area contributed by atoms with E-state index in [1.807, 2.05) is 24.3 Å². The van der Waals surface area contributed by atoms with E-state index in [4.69, 9.17) is 4.42 Å². The third kappa shape index (κ3) is 2.75. The maximum Gasteiger partial charge on any atom is 0.419 e. The van der Waals surface area contributed by atoms with Gasteiger partial charge in [-0.3, -0.25) is 4.57 Å². The summed E-state index contributed by atoms with van der Waals surface area (Å²) in [4.78, 5) is 11.7. The fraction of sp³-hybridized carbons (Fsp3) is 0.462. The summed E-state index contributed by atoms with van der Waals surface area (Å²) in [5.74, 6) is 1.21. The highest BCUT2D eigenvalue weighted by molar-refractivity contribution is 7.80. The summed E-state index contributed by atoms with van der Waals surface area (Å²) in [6.45, 7) is 2.90. The standard InChI is InChI=1S/C13H17NO2S/c1-10(7-9-17)6-8-14-11-4-2-3-5-12(11)16-13(14)15/h2-5,10,17H,6-9H2,1H3. The van der Waals surface area contributed by atoms with Gasteiger partial charge in [0.05, 0.1) is 5.52 Å². The highest BCUT2D eigenvalue weighted by Crippen LogP contribution is 2.15. The largest absolute Gasteiger partial charge is 0.419 e. The number of aryl methyl sites for hydroxylation is 1. The molecule has 2 aromatic rings. The minimum Gasteiger partial charge on any atom is -0.408 e. The summed E-state index contributed by atoms with van der Waals surface area (Å²) >= 11 is 4.22. The van der Waals surface area contributed by atoms with E-state index in [1.54, 1.807) is 4.57 Å². The van der Waals surface area contributed by atoms with Crippen LogP contribution in [0.2, 0.25) is 0 Å². The summed E-state index contributed by atoms with van der Waals surface area (Å²) in [5, 5.41) is 0. The Labute approximate surface area is 106 Å². The fourth-order valence-electron chi connectivity index (χ4n) is 1.94. The molecular formula is C13H17NO2S. The van der Waals surface area contributed by atoms with Crippen LogP contribution in [0.5, 0.6) is 0 Å². The van der Waals surface area contributed by atoms with Crippen molar-refractivity contribution in [3.05, 3.63) is 34.8 Å². The Morgan fingerprint density at radius 2 is 2.12 bits per heavy atom. The van der Waals surface area contributed by atoms with Crippen molar-refractivity contribution in [2.45, 2.75) is 26.3 Å². The predicted octanol–water partition coefficient (Wildman–Crippen LogP) is 2.94. The monoisotopic (exact) mass is 251 g/mol. The summed E-state index contributed by atoms with van der Waals surface area (Å²) in [6, 6.07) is 7.54. The quantitative estimate of drug-likeness (QED) is 0.829. The SMILES string of the molecule is CC(CCS)CCn1c(=O)oc2ccccc21. The summed E-state index contributed by atoms with van der Waals surface area (Å²) in [6.07, 6.45) is 2.05. The van der Waals surface area contributed by atoms with Crippen LogP contribution in [0.1, 0.15) is 19.8 Å². The number of hydrogen-bond acceptors (Lipinski definition) is 3. The van der Waals surface area contributed by atoms with Gasteiger partial charge in [-0.1, -0.05) is 19.1 Å². The summed E-state index contributed by atoms with van der Waals surface area (Å²) in [5.41, 5.74) is 1.55. The molecule has 0 radical (unpaired) electrons. The van der Waals surface area contributed by atoms with Crippen molar-refractivity contribution in [3.63, 3.8) is 0 Å². The number of rotatable bonds is 5. The first-order valence-corrected chi connectivity index (χ1v) is 6.55. The van der Waals surface area contributed by atoms with Gasteiger partial charge in [0.25, 0.3) is 0 Å². The van der Waals surface area contributed by atoms with Gasteiger partial charge in [0, 0.05) is 6.54 Å². The zero-order chi connectivity index (χ0) is 12.3. The Bertz CT molecular complexity index is 544. The smallest absolute Gasteiger partial charge is 0.408 e. The van der Waals surface area contributed by atoms with Crippen molar-refractivity contribution in [1.82, 2.24) is 4.57 Å². The lowest BCUT2D eigenvalue weighted by Crippen LogP contribution is -2.15. The van der Waals surface area contributed by atoms with Crippen LogP contribution in [0.25, 0.3) is 11.1 Å². The van der Waals surface area contributed by atoms with E-state index >= 15 is 0 Å². The average Bonchev–Trinajstić information content (AvgIpc) is 2.62. The Morgan fingerprint density at radius 1 is 1.35 bits per heavy atom. The molecule has 0 saturated heterocycles. The maximum absolute atomic E-state index is 11.7. The van der Waals surface area contributed by atoms with Crippen LogP contribution >= 0.6 is 12.6 Å². The zero-order valence-corrected chi connectivity index (χ0v) is 10.8. The van der Waals surface area contributed by atoms with Gasteiger partial charge in [-0.2, -0.15) is 12.6 Å². The normalized spacial score (nSPS) is 13.1. The van der Waals surface area contributed by atoms with Crippen LogP contribution in [0.3, 0.4) is 0 Å². The molecule has 1 aromatic carbocycles. The number of hydrogen-bond donors (Lipinski definition) is 1. The number of fused-ring (bicyclic) bond motifs is 1. The Balaban J connectivity index is 2.18. The minimum atomic E-state index is -0.260. The summed E-state index contributed by atoms with van der Waals surface area (Å²) < 4.78 is 6.90. The number of nitrogens with zero attached hydrogens (tertiary/aromatic N) is 1. The van der Waals surface area contributed by atoms with Gasteiger partial charge in [0.2, 0.25) is 0 Å². The van der Waals surface area contributed by atoms with E-state index in [0.717, 1.165) is 24.1 Å². The van der Waals surface area contributed by atoms with Gasteiger partial charge in [-0.05, 0) is 36.6 Å². The molecule has 0 bridgehead atoms. The molecule has 92 valence electrons. The minimum absolute atomic E-state index is 0.260. The van der Waals surface area contributed by atoms with Crippen LogP contribution in [-0.2, 0) is 6.54 Å². The van der Waals surface area contributed by atoms with Gasteiger partial charge in [0.15, 0.2) is 5.58 Å². The van der Waals surface area contributed by atoms with Crippen LogP contribution in [-0.4, -0.2) is 10.3 Å². The van der Waals surface area contributed by atoms with Crippen LogP contribution in [0, 0.1) is 5.92 Å². The number of aromatic nitrogens is 1. The van der Waals surface area contributed by atoms with E-state index < -0.39 is 0 Å². The molecule has 0 aliphatic rings. The molecule has 0 spiro atoms. The van der Waals surface area contributed by atoms with E-state index in [9.17, 15) is 4.79 Å². The van der Waals surface area contributed by atoms with Crippen molar-refractivity contribution < 1.29 is 4.42 Å². The molecule has 0 N–H and O–H groups in total. The molecular weight excluding hydrogens is 234 g/mol. The molecule has 1 aromatic heterocycles. The number of benzene rings is 1. The van der Waals surface area contributed by atoms with E-state index in [1.165, 1.54) is 0 Å². The first-order valence-electron chi connectivity index (χ1n) is 5.91. The molecule has 0 aliphatic carbocycles. The fourth-order valence-corrected chi connectivity index (χ4v) is 2.38. The lowest BCUT2D eigenvalue weighted by molar-refractivity contribution is 0.442. The van der Waals surface area contributed by atoms with Crippen molar-refractivity contribution in [1.29, 1.82) is 0 Å². The predicted molar refractivity (Wildman–Crippen MR) is 72.7 cm³/mol. The number of para-hydroxylation sites is 2. The lowest BCUT2D eigenvalue weighted by Gasteiger charge is -2.09. The molecule has 0 aliphatic heterocycles. The second-order valence-corrected chi connectivity index (χ2v) is 4.84. The molecule has 0 saturated carbocycles. The Hall–Kier alpha value is -1.16. The second-order valence-electron chi connectivity index (χ2n) is 4.39. The molecule has 1 atom stereocenters. The van der Waals surface area contributed by atoms with E-state index in [0.29, 0.717) is 18.0 Å². The molecule has 17 heavy (non-hydrogen) atoms. The third-order valence-corrected chi connectivity index (χ3v) is 3.30. The van der Waals surface area contributed by atoms with Gasteiger partial charge in [-0.15, -0.1) is 0 Å². The molecule has 2 rings (SSSR count). The lowest BCUT2D eigenvalue weighted by atomic mass is 10.1. The molecule has 3 nitrogen and oxygen atoms in total. The second kappa shape index (κ2) is 5.45. The van der Waals surface area contributed by atoms with Gasteiger partial charge in [0.1, 0.15) is 0 Å². The number of oxazole rings is 1. The molecule has 0 amide bonds. The van der Waals surface area contributed by atoms with Gasteiger partial charge < -0.3 is 4.42 Å². The maximum atomic E-state index is 11.7. The Kier molecular flexibility index (Phi) is 3.94. The average molecular weight is 251 g/mol. The van der Waals surface area contributed by atoms with E-state index in [2.05, 4.69) is 19.6 Å². The topological polar surface area (TPSA) is 35.1 Å². The van der Waals surface area contributed by atoms with Gasteiger partial charge >= 0.3 is 5.76 Å². The highest BCUT2D eigenvalue weighted by Gasteiger charge is 2.09. The van der Waals surface area contributed by atoms with Crippen molar-refractivity contribution in [3.8, 4) is 0 Å². The number of thiol groups is 1. The van der Waals surface area contributed by atoms with Crippen molar-refractivity contribution in [2.75, 3.05) is 5.75 Å². The Morgan fingerprint density at radius 3 is 2.88 bits per heavy atom. The van der Waals surface area contributed by atoms with Crippen LogP contribution in [0.4, 0.5) is 0 Å². The molecule has 0 fully saturated rings. The first kappa shape index (κ1) is 12.3. The summed E-state index contributed by atoms with van der Waals surface area (Å²) in [7, 11) is 0. The first-order chi connectivity index (χ1) is 8.22. The van der Waals surface area contributed by atoms with Crippen LogP contribution in [0.15, 0.2) is 33.5 Å². The molecule has 1 heterocycles. The van der Waals surface area contributed by atoms with Crippen LogP contribution < -0.4 is 5.76 Å². The highest BCUT2D eigenvalue weighted by atomic mass is 32.1. The zero-order valence-electron chi connectivity index (χ0n) is 9.93. The van der Waals surface area contributed by atoms with Crippen molar-refractivity contribution in [2.24, 2.45) is 5.92 Å².